The van der Waals surface area contributed by atoms with E-state index in [-0.39, 0.29) is 0 Å². The van der Waals surface area contributed by atoms with Crippen molar-refractivity contribution < 1.29 is 0 Å². The van der Waals surface area contributed by atoms with E-state index >= 15 is 0 Å². The number of fused-ring (bicyclic) bond motifs is 1. The average Bonchev–Trinajstić information content (AvgIpc) is 3.36. The largest absolute Gasteiger partial charge is 0.360 e. The smallest absolute Gasteiger partial charge is 0.188 e. The van der Waals surface area contributed by atoms with Crippen LogP contribution in [0.4, 0.5) is 5.69 Å². The molecule has 8 heteroatoms. The number of benzene rings is 1. The fourth-order valence-electron chi connectivity index (χ4n) is 2.66. The molecule has 134 valence electrons. The van der Waals surface area contributed by atoms with Gasteiger partial charge < -0.3 is 15.2 Å². The summed E-state index contributed by atoms with van der Waals surface area (Å²) in [6, 6.07) is 8.58. The predicted molar refractivity (Wildman–Crippen MR) is 109 cm³/mol. The predicted octanol–water partition coefficient (Wildman–Crippen LogP) is 3.41. The van der Waals surface area contributed by atoms with E-state index in [1.165, 1.54) is 12.8 Å². The number of rotatable bonds is 5. The molecule has 2 heterocycles. The SMILES string of the molecule is Cc1ccnc(SCc2nc3cc(NC(=S)NC4CC4)ccc3n2C)n1. The number of nitrogens with one attached hydrogen (secondary N) is 2. The Morgan fingerprint density at radius 2 is 2.15 bits per heavy atom. The van der Waals surface area contributed by atoms with Crippen LogP contribution in [0.3, 0.4) is 0 Å². The highest BCUT2D eigenvalue weighted by atomic mass is 32.2. The lowest BCUT2D eigenvalue weighted by atomic mass is 10.3. The lowest BCUT2D eigenvalue weighted by Crippen LogP contribution is -2.30. The third-order valence-electron chi connectivity index (χ3n) is 4.25. The molecule has 6 nitrogen and oxygen atoms in total. The minimum absolute atomic E-state index is 0.543. The maximum atomic E-state index is 5.35. The Bertz CT molecular complexity index is 963. The molecule has 26 heavy (non-hydrogen) atoms. The number of aryl methyl sites for hydroxylation is 2. The summed E-state index contributed by atoms with van der Waals surface area (Å²) < 4.78 is 2.11. The zero-order valence-electron chi connectivity index (χ0n) is 14.7. The molecule has 0 aliphatic heterocycles. The summed E-state index contributed by atoms with van der Waals surface area (Å²) >= 11 is 6.94. The fourth-order valence-corrected chi connectivity index (χ4v) is 3.81. The van der Waals surface area contributed by atoms with Crippen molar-refractivity contribution in [2.24, 2.45) is 7.05 Å². The second kappa shape index (κ2) is 7.20. The number of hydrogen-bond acceptors (Lipinski definition) is 5. The van der Waals surface area contributed by atoms with Crippen LogP contribution in [0.5, 0.6) is 0 Å². The first-order valence-corrected chi connectivity index (χ1v) is 9.93. The normalized spacial score (nSPS) is 13.8. The van der Waals surface area contributed by atoms with Gasteiger partial charge in [-0.15, -0.1) is 0 Å². The van der Waals surface area contributed by atoms with E-state index in [1.807, 2.05) is 32.2 Å². The number of thioether (sulfide) groups is 1. The van der Waals surface area contributed by atoms with Gasteiger partial charge in [-0.1, -0.05) is 11.8 Å². The monoisotopic (exact) mass is 384 g/mol. The molecule has 0 spiro atoms. The van der Waals surface area contributed by atoms with Crippen LogP contribution in [0, 0.1) is 6.92 Å². The summed E-state index contributed by atoms with van der Waals surface area (Å²) in [4.78, 5) is 13.5. The summed E-state index contributed by atoms with van der Waals surface area (Å²) in [7, 11) is 2.04. The van der Waals surface area contributed by atoms with Crippen LogP contribution >= 0.6 is 24.0 Å². The second-order valence-corrected chi connectivity index (χ2v) is 7.78. The highest BCUT2D eigenvalue weighted by Crippen LogP contribution is 2.24. The Kier molecular flexibility index (Phi) is 4.78. The summed E-state index contributed by atoms with van der Waals surface area (Å²) in [5.74, 6) is 1.71. The molecule has 3 aromatic rings. The van der Waals surface area contributed by atoms with Crippen LogP contribution in [0.15, 0.2) is 35.6 Å². The maximum Gasteiger partial charge on any atom is 0.188 e. The molecule has 2 aromatic heterocycles. The van der Waals surface area contributed by atoms with E-state index in [1.54, 1.807) is 18.0 Å². The number of thiocarbonyl (C=S) groups is 1. The molecule has 0 bridgehead atoms. The first-order valence-electron chi connectivity index (χ1n) is 8.54. The van der Waals surface area contributed by atoms with E-state index in [0.29, 0.717) is 11.2 Å². The molecule has 1 aliphatic carbocycles. The Morgan fingerprint density at radius 3 is 2.92 bits per heavy atom. The van der Waals surface area contributed by atoms with E-state index in [0.717, 1.165) is 39.1 Å². The Morgan fingerprint density at radius 1 is 1.31 bits per heavy atom. The third kappa shape index (κ3) is 3.96. The van der Waals surface area contributed by atoms with Crippen LogP contribution in [-0.2, 0) is 12.8 Å². The van der Waals surface area contributed by atoms with Gasteiger partial charge in [0, 0.05) is 30.7 Å². The van der Waals surface area contributed by atoms with Gasteiger partial charge in [0.15, 0.2) is 10.3 Å². The summed E-state index contributed by atoms with van der Waals surface area (Å²) in [6.45, 7) is 1.97. The van der Waals surface area contributed by atoms with E-state index in [2.05, 4.69) is 31.2 Å². The van der Waals surface area contributed by atoms with Crippen molar-refractivity contribution in [3.63, 3.8) is 0 Å². The van der Waals surface area contributed by atoms with Gasteiger partial charge in [-0.2, -0.15) is 0 Å². The number of anilines is 1. The molecule has 0 saturated heterocycles. The molecule has 1 saturated carbocycles. The van der Waals surface area contributed by atoms with E-state index in [9.17, 15) is 0 Å². The standard InChI is InChI=1S/C18H20N6S2/c1-11-7-8-19-18(20-11)26-10-16-23-14-9-13(5-6-15(14)24(16)2)22-17(25)21-12-3-4-12/h5-9,12H,3-4,10H2,1-2H3,(H2,21,22,25). The van der Waals surface area contributed by atoms with Crippen molar-refractivity contribution in [3.8, 4) is 0 Å². The molecule has 1 aliphatic rings. The Balaban J connectivity index is 1.49. The van der Waals surface area contributed by atoms with Crippen molar-refractivity contribution >= 4 is 45.8 Å². The molecule has 2 N–H and O–H groups in total. The first-order chi connectivity index (χ1) is 12.6. The summed E-state index contributed by atoms with van der Waals surface area (Å²) in [5.41, 5.74) is 3.97. The van der Waals surface area contributed by atoms with Crippen LogP contribution < -0.4 is 10.6 Å². The van der Waals surface area contributed by atoms with Crippen LogP contribution in [-0.4, -0.2) is 30.7 Å². The van der Waals surface area contributed by atoms with E-state index in [4.69, 9.17) is 17.2 Å². The fraction of sp³-hybridized carbons (Fsp3) is 0.333. The molecule has 0 atom stereocenters. The number of hydrogen-bond donors (Lipinski definition) is 2. The van der Waals surface area contributed by atoms with Gasteiger partial charge in [0.05, 0.1) is 16.8 Å². The van der Waals surface area contributed by atoms with Crippen LogP contribution in [0.25, 0.3) is 11.0 Å². The highest BCUT2D eigenvalue weighted by Gasteiger charge is 2.21. The van der Waals surface area contributed by atoms with Crippen molar-refractivity contribution in [3.05, 3.63) is 42.0 Å². The molecule has 0 radical (unpaired) electrons. The molecule has 1 fully saturated rings. The van der Waals surface area contributed by atoms with Gasteiger partial charge in [-0.25, -0.2) is 15.0 Å². The number of imidazole rings is 1. The Labute approximate surface area is 161 Å². The van der Waals surface area contributed by atoms with Gasteiger partial charge in [0.1, 0.15) is 5.82 Å². The van der Waals surface area contributed by atoms with Crippen molar-refractivity contribution in [1.29, 1.82) is 0 Å². The van der Waals surface area contributed by atoms with Gasteiger partial charge >= 0.3 is 0 Å². The Hall–Kier alpha value is -2.19. The molecule has 0 unspecified atom stereocenters. The van der Waals surface area contributed by atoms with Crippen molar-refractivity contribution in [2.75, 3.05) is 5.32 Å². The lowest BCUT2D eigenvalue weighted by molar-refractivity contribution is 0.870. The number of nitrogens with zero attached hydrogens (tertiary/aromatic N) is 4. The summed E-state index contributed by atoms with van der Waals surface area (Å²) in [6.07, 6.45) is 4.19. The molecule has 0 amide bonds. The zero-order chi connectivity index (χ0) is 18.1. The first kappa shape index (κ1) is 17.2. The topological polar surface area (TPSA) is 67.7 Å². The van der Waals surface area contributed by atoms with Crippen LogP contribution in [0.2, 0.25) is 0 Å². The lowest BCUT2D eigenvalue weighted by Gasteiger charge is -2.09. The van der Waals surface area contributed by atoms with Gasteiger partial charge in [0.25, 0.3) is 0 Å². The quantitative estimate of drug-likeness (QED) is 0.397. The van der Waals surface area contributed by atoms with Crippen molar-refractivity contribution in [2.45, 2.75) is 36.7 Å². The summed E-state index contributed by atoms with van der Waals surface area (Å²) in [5, 5.41) is 7.98. The van der Waals surface area contributed by atoms with Gasteiger partial charge in [-0.3, -0.25) is 0 Å². The second-order valence-electron chi connectivity index (χ2n) is 6.43. The number of aromatic nitrogens is 4. The van der Waals surface area contributed by atoms with E-state index < -0.39 is 0 Å². The minimum atomic E-state index is 0.543. The zero-order valence-corrected chi connectivity index (χ0v) is 16.3. The molecular weight excluding hydrogens is 364 g/mol. The third-order valence-corrected chi connectivity index (χ3v) is 5.32. The average molecular weight is 385 g/mol. The molecule has 1 aromatic carbocycles. The van der Waals surface area contributed by atoms with Gasteiger partial charge in [-0.05, 0) is 56.2 Å². The van der Waals surface area contributed by atoms with Crippen LogP contribution in [0.1, 0.15) is 24.4 Å². The van der Waals surface area contributed by atoms with Crippen molar-refractivity contribution in [1.82, 2.24) is 24.8 Å². The molecular formula is C18H20N6S2. The maximum absolute atomic E-state index is 5.35. The molecule has 4 rings (SSSR count). The highest BCUT2D eigenvalue weighted by molar-refractivity contribution is 7.98. The minimum Gasteiger partial charge on any atom is -0.360 e. The van der Waals surface area contributed by atoms with Gasteiger partial charge in [0.2, 0.25) is 0 Å².